The Morgan fingerprint density at radius 1 is 1.47 bits per heavy atom. The van der Waals surface area contributed by atoms with Gasteiger partial charge in [0.25, 0.3) is 0 Å². The van der Waals surface area contributed by atoms with Crippen molar-refractivity contribution in [2.75, 3.05) is 19.1 Å². The Morgan fingerprint density at radius 3 is 2.58 bits per heavy atom. The molecule has 0 heterocycles. The summed E-state index contributed by atoms with van der Waals surface area (Å²) in [5, 5.41) is 0. The van der Waals surface area contributed by atoms with Crippen LogP contribution in [-0.4, -0.2) is 39.4 Å². The highest BCUT2D eigenvalue weighted by atomic mass is 32.2. The summed E-state index contributed by atoms with van der Waals surface area (Å²) in [5.74, 6) is -1.28. The van der Waals surface area contributed by atoms with Crippen LogP contribution in [0, 0.1) is 5.82 Å². The molecular formula is C12H16FNO4S. The first kappa shape index (κ1) is 15.6. The zero-order valence-electron chi connectivity index (χ0n) is 10.7. The van der Waals surface area contributed by atoms with Crippen LogP contribution in [0.1, 0.15) is 16.8 Å². The number of hydrogen-bond acceptors (Lipinski definition) is 5. The predicted molar refractivity (Wildman–Crippen MR) is 69.6 cm³/mol. The summed E-state index contributed by atoms with van der Waals surface area (Å²) in [4.78, 5) is 11.9. The van der Waals surface area contributed by atoms with E-state index in [0.29, 0.717) is 5.75 Å². The molecule has 0 aliphatic heterocycles. The van der Waals surface area contributed by atoms with Crippen LogP contribution >= 0.6 is 0 Å². The molecule has 5 nitrogen and oxygen atoms in total. The lowest BCUT2D eigenvalue weighted by atomic mass is 10.0. The van der Waals surface area contributed by atoms with Crippen molar-refractivity contribution in [2.24, 2.45) is 5.73 Å². The molecule has 0 bridgehead atoms. The molecule has 0 spiro atoms. The lowest BCUT2D eigenvalue weighted by Crippen LogP contribution is -2.33. The van der Waals surface area contributed by atoms with Crippen molar-refractivity contribution in [1.29, 1.82) is 0 Å². The Morgan fingerprint density at radius 2 is 2.11 bits per heavy atom. The number of benzene rings is 1. The van der Waals surface area contributed by atoms with E-state index in [-0.39, 0.29) is 17.7 Å². The molecule has 19 heavy (non-hydrogen) atoms. The van der Waals surface area contributed by atoms with Gasteiger partial charge >= 0.3 is 0 Å². The fourth-order valence-electron chi connectivity index (χ4n) is 1.49. The van der Waals surface area contributed by atoms with Gasteiger partial charge in [0.1, 0.15) is 21.4 Å². The van der Waals surface area contributed by atoms with E-state index in [1.807, 2.05) is 0 Å². The summed E-state index contributed by atoms with van der Waals surface area (Å²) in [6.45, 7) is 0. The highest BCUT2D eigenvalue weighted by Gasteiger charge is 2.20. The zero-order chi connectivity index (χ0) is 14.6. The lowest BCUT2D eigenvalue weighted by molar-refractivity contribution is 0.0955. The van der Waals surface area contributed by atoms with Gasteiger partial charge < -0.3 is 10.5 Å². The number of methoxy groups -OCH3 is 1. The number of ether oxygens (including phenoxy) is 1. The average molecular weight is 289 g/mol. The molecule has 0 radical (unpaired) electrons. The van der Waals surface area contributed by atoms with Crippen molar-refractivity contribution in [3.05, 3.63) is 29.6 Å². The van der Waals surface area contributed by atoms with Gasteiger partial charge in [-0.2, -0.15) is 0 Å². The molecule has 0 aliphatic carbocycles. The Balaban J connectivity index is 2.82. The number of hydrogen-bond donors (Lipinski definition) is 1. The molecule has 0 fully saturated rings. The fraction of sp³-hybridized carbons (Fsp3) is 0.417. The average Bonchev–Trinajstić information content (AvgIpc) is 2.34. The predicted octanol–water partition coefficient (Wildman–Crippen LogP) is 0.779. The van der Waals surface area contributed by atoms with Gasteiger partial charge in [-0.05, 0) is 18.6 Å². The van der Waals surface area contributed by atoms with Crippen molar-refractivity contribution < 1.29 is 22.3 Å². The number of carbonyl (C=O) groups excluding carboxylic acids is 1. The lowest BCUT2D eigenvalue weighted by Gasteiger charge is -2.11. The summed E-state index contributed by atoms with van der Waals surface area (Å²) in [5.41, 5.74) is 5.42. The van der Waals surface area contributed by atoms with Crippen LogP contribution in [0.3, 0.4) is 0 Å². The fourth-order valence-corrected chi connectivity index (χ4v) is 2.18. The maximum Gasteiger partial charge on any atom is 0.182 e. The molecule has 0 aromatic heterocycles. The topological polar surface area (TPSA) is 86.5 Å². The number of halogens is 1. The standard InChI is InChI=1S/C12H16FNO4S/c1-18-8-3-4-9(10(13)7-8)12(15)11(14)5-6-19(2,16)17/h3-4,7,11H,5-6,14H2,1-2H3. The molecule has 2 N–H and O–H groups in total. The maximum absolute atomic E-state index is 13.6. The second-order valence-electron chi connectivity index (χ2n) is 4.24. The Kier molecular flexibility index (Phi) is 5.02. The molecule has 1 aromatic rings. The molecule has 0 amide bonds. The molecule has 106 valence electrons. The summed E-state index contributed by atoms with van der Waals surface area (Å²) < 4.78 is 40.4. The summed E-state index contributed by atoms with van der Waals surface area (Å²) in [6.07, 6.45) is 1.02. The second kappa shape index (κ2) is 6.12. The Bertz CT molecular complexity index is 571. The van der Waals surface area contributed by atoms with E-state index in [9.17, 15) is 17.6 Å². The van der Waals surface area contributed by atoms with Gasteiger partial charge in [-0.3, -0.25) is 4.79 Å². The summed E-state index contributed by atoms with van der Waals surface area (Å²) >= 11 is 0. The minimum Gasteiger partial charge on any atom is -0.497 e. The summed E-state index contributed by atoms with van der Waals surface area (Å²) in [6, 6.07) is 2.75. The molecule has 7 heteroatoms. The molecule has 0 aliphatic rings. The number of carbonyl (C=O) groups is 1. The molecule has 1 rings (SSSR count). The van der Waals surface area contributed by atoms with E-state index in [0.717, 1.165) is 12.3 Å². The molecule has 1 unspecified atom stereocenters. The first-order valence-corrected chi connectivity index (χ1v) is 7.61. The molecule has 0 saturated carbocycles. The van der Waals surface area contributed by atoms with E-state index in [2.05, 4.69) is 0 Å². The maximum atomic E-state index is 13.6. The minimum atomic E-state index is -3.20. The van der Waals surface area contributed by atoms with Crippen LogP contribution in [0.25, 0.3) is 0 Å². The van der Waals surface area contributed by atoms with E-state index >= 15 is 0 Å². The van der Waals surface area contributed by atoms with E-state index in [1.54, 1.807) is 0 Å². The van der Waals surface area contributed by atoms with Crippen LogP contribution in [-0.2, 0) is 9.84 Å². The SMILES string of the molecule is COc1ccc(C(=O)C(N)CCS(C)(=O)=O)c(F)c1. The third kappa shape index (κ3) is 4.60. The number of rotatable bonds is 6. The number of nitrogens with two attached hydrogens (primary N) is 1. The van der Waals surface area contributed by atoms with Crippen LogP contribution in [0.5, 0.6) is 5.75 Å². The van der Waals surface area contributed by atoms with Crippen LogP contribution in [0.15, 0.2) is 18.2 Å². The van der Waals surface area contributed by atoms with Crippen molar-refractivity contribution in [2.45, 2.75) is 12.5 Å². The number of Topliss-reactive ketones (excluding diaryl/α,β-unsaturated/α-hetero) is 1. The van der Waals surface area contributed by atoms with Gasteiger partial charge in [0.15, 0.2) is 5.78 Å². The molecule has 0 saturated heterocycles. The normalized spacial score (nSPS) is 13.1. The molecule has 1 aromatic carbocycles. The van der Waals surface area contributed by atoms with E-state index in [4.69, 9.17) is 10.5 Å². The second-order valence-corrected chi connectivity index (χ2v) is 6.49. The van der Waals surface area contributed by atoms with E-state index < -0.39 is 27.5 Å². The third-order valence-electron chi connectivity index (χ3n) is 2.58. The number of sulfone groups is 1. The van der Waals surface area contributed by atoms with Crippen LogP contribution in [0.4, 0.5) is 4.39 Å². The van der Waals surface area contributed by atoms with Crippen LogP contribution < -0.4 is 10.5 Å². The van der Waals surface area contributed by atoms with Crippen molar-refractivity contribution in [1.82, 2.24) is 0 Å². The quantitative estimate of drug-likeness (QED) is 0.782. The Hall–Kier alpha value is -1.47. The van der Waals surface area contributed by atoms with Crippen molar-refractivity contribution in [3.8, 4) is 5.75 Å². The zero-order valence-corrected chi connectivity index (χ0v) is 11.5. The van der Waals surface area contributed by atoms with Gasteiger partial charge in [-0.15, -0.1) is 0 Å². The summed E-state index contributed by atoms with van der Waals surface area (Å²) in [7, 11) is -1.82. The van der Waals surface area contributed by atoms with Gasteiger partial charge in [0, 0.05) is 12.3 Å². The molecule has 1 atom stereocenters. The van der Waals surface area contributed by atoms with Gasteiger partial charge in [-0.1, -0.05) is 0 Å². The van der Waals surface area contributed by atoms with E-state index in [1.165, 1.54) is 19.2 Å². The first-order valence-electron chi connectivity index (χ1n) is 5.55. The minimum absolute atomic E-state index is 0.0386. The smallest absolute Gasteiger partial charge is 0.182 e. The number of ketones is 1. The highest BCUT2D eigenvalue weighted by Crippen LogP contribution is 2.18. The highest BCUT2D eigenvalue weighted by molar-refractivity contribution is 7.90. The third-order valence-corrected chi connectivity index (χ3v) is 3.56. The van der Waals surface area contributed by atoms with Crippen LogP contribution in [0.2, 0.25) is 0 Å². The van der Waals surface area contributed by atoms with Gasteiger partial charge in [-0.25, -0.2) is 12.8 Å². The first-order chi connectivity index (χ1) is 8.74. The van der Waals surface area contributed by atoms with Crippen molar-refractivity contribution >= 4 is 15.6 Å². The largest absolute Gasteiger partial charge is 0.497 e. The van der Waals surface area contributed by atoms with Crippen molar-refractivity contribution in [3.63, 3.8) is 0 Å². The van der Waals surface area contributed by atoms with Gasteiger partial charge in [0.05, 0.1) is 24.5 Å². The molecular weight excluding hydrogens is 273 g/mol. The Labute approximate surface area is 111 Å². The monoisotopic (exact) mass is 289 g/mol. The van der Waals surface area contributed by atoms with Gasteiger partial charge in [0.2, 0.25) is 0 Å².